The van der Waals surface area contributed by atoms with Crippen LogP contribution in [0.3, 0.4) is 0 Å². The van der Waals surface area contributed by atoms with Crippen LogP contribution in [-0.4, -0.2) is 66.1 Å². The largest absolute Gasteiger partial charge is 0.497 e. The second-order valence-corrected chi connectivity index (χ2v) is 10.6. The van der Waals surface area contributed by atoms with Crippen LogP contribution in [0.1, 0.15) is 65.2 Å². The molecular formula is C23H33BF2N2O5. The van der Waals surface area contributed by atoms with Crippen LogP contribution in [0.5, 0.6) is 0 Å². The number of ether oxygens (including phenoxy) is 1. The molecule has 0 radical (unpaired) electrons. The van der Waals surface area contributed by atoms with Gasteiger partial charge in [0.25, 0.3) is 5.91 Å². The van der Waals surface area contributed by atoms with Gasteiger partial charge in [-0.3, -0.25) is 4.79 Å². The molecule has 1 aromatic carbocycles. The Morgan fingerprint density at radius 3 is 2.30 bits per heavy atom. The highest BCUT2D eigenvalue weighted by Gasteiger charge is 2.52. The van der Waals surface area contributed by atoms with Crippen molar-refractivity contribution >= 4 is 24.6 Å². The maximum atomic E-state index is 14.8. The van der Waals surface area contributed by atoms with E-state index in [1.807, 2.05) is 27.7 Å². The smallest absolute Gasteiger partial charge is 0.444 e. The zero-order valence-corrected chi connectivity index (χ0v) is 20.3. The summed E-state index contributed by atoms with van der Waals surface area (Å²) in [6.07, 6.45) is -1.83. The standard InChI is InChI=1S/C23H33BF2N2O5/c1-21(2,3)31-20(30)28-11-10-18(17(26)13-28)27-19(29)14-8-9-15(16(25)12-14)24-32-22(4,5)23(6,7)33-24/h8-9,12,17-18H,10-11,13H2,1-7H3,(H,27,29). The Labute approximate surface area is 194 Å². The van der Waals surface area contributed by atoms with Crippen molar-refractivity contribution in [1.82, 2.24) is 10.2 Å². The van der Waals surface area contributed by atoms with Crippen LogP contribution in [0.4, 0.5) is 13.6 Å². The molecule has 2 amide bonds. The molecule has 0 spiro atoms. The van der Waals surface area contributed by atoms with E-state index in [0.717, 1.165) is 6.07 Å². The lowest BCUT2D eigenvalue weighted by molar-refractivity contribution is 0.00578. The second kappa shape index (κ2) is 8.87. The molecule has 1 aromatic rings. The Hall–Kier alpha value is -2.20. The van der Waals surface area contributed by atoms with E-state index in [2.05, 4.69) is 5.32 Å². The predicted octanol–water partition coefficient (Wildman–Crippen LogP) is 3.20. The maximum Gasteiger partial charge on any atom is 0.497 e. The van der Waals surface area contributed by atoms with Crippen molar-refractivity contribution in [3.63, 3.8) is 0 Å². The number of amides is 2. The number of carbonyl (C=O) groups excluding carboxylic acids is 2. The summed E-state index contributed by atoms with van der Waals surface area (Å²) in [4.78, 5) is 26.1. The summed E-state index contributed by atoms with van der Waals surface area (Å²) < 4.78 is 46.5. The van der Waals surface area contributed by atoms with Gasteiger partial charge in [0, 0.05) is 17.6 Å². The fourth-order valence-corrected chi connectivity index (χ4v) is 3.64. The van der Waals surface area contributed by atoms with Crippen molar-refractivity contribution in [3.8, 4) is 0 Å². The first-order valence-corrected chi connectivity index (χ1v) is 11.2. The summed E-state index contributed by atoms with van der Waals surface area (Å²) in [6.45, 7) is 12.8. The molecule has 2 aliphatic rings. The number of carbonyl (C=O) groups is 2. The molecule has 2 unspecified atom stereocenters. The summed E-state index contributed by atoms with van der Waals surface area (Å²) in [5, 5.41) is 2.61. The van der Waals surface area contributed by atoms with Gasteiger partial charge in [0.15, 0.2) is 0 Å². The van der Waals surface area contributed by atoms with Gasteiger partial charge in [0.05, 0.1) is 23.8 Å². The monoisotopic (exact) mass is 466 g/mol. The number of hydrogen-bond acceptors (Lipinski definition) is 5. The molecule has 33 heavy (non-hydrogen) atoms. The summed E-state index contributed by atoms with van der Waals surface area (Å²) >= 11 is 0. The Morgan fingerprint density at radius 2 is 1.79 bits per heavy atom. The van der Waals surface area contributed by atoms with Gasteiger partial charge in [-0.15, -0.1) is 0 Å². The first-order chi connectivity index (χ1) is 15.1. The summed E-state index contributed by atoms with van der Waals surface area (Å²) in [6, 6.07) is 3.22. The Balaban J connectivity index is 1.61. The van der Waals surface area contributed by atoms with Crippen molar-refractivity contribution in [2.75, 3.05) is 13.1 Å². The topological polar surface area (TPSA) is 77.1 Å². The zero-order chi connectivity index (χ0) is 24.8. The van der Waals surface area contributed by atoms with Crippen LogP contribution in [0, 0.1) is 5.82 Å². The molecule has 2 fully saturated rings. The van der Waals surface area contributed by atoms with E-state index in [1.165, 1.54) is 17.0 Å². The molecule has 3 rings (SSSR count). The zero-order valence-electron chi connectivity index (χ0n) is 20.3. The third-order valence-electron chi connectivity index (χ3n) is 6.28. The number of hydrogen-bond donors (Lipinski definition) is 1. The Kier molecular flexibility index (Phi) is 6.83. The second-order valence-electron chi connectivity index (χ2n) is 10.6. The number of nitrogens with zero attached hydrogens (tertiary/aromatic N) is 1. The molecule has 0 aromatic heterocycles. The van der Waals surface area contributed by atoms with E-state index < -0.39 is 54.0 Å². The van der Waals surface area contributed by atoms with Gasteiger partial charge < -0.3 is 24.3 Å². The molecule has 0 aliphatic carbocycles. The lowest BCUT2D eigenvalue weighted by Gasteiger charge is -2.35. The number of alkyl halides is 1. The number of likely N-dealkylation sites (tertiary alicyclic amines) is 1. The lowest BCUT2D eigenvalue weighted by atomic mass is 9.78. The van der Waals surface area contributed by atoms with E-state index in [0.29, 0.717) is 0 Å². The summed E-state index contributed by atoms with van der Waals surface area (Å²) in [7, 11) is -0.889. The van der Waals surface area contributed by atoms with Crippen LogP contribution in [0.25, 0.3) is 0 Å². The van der Waals surface area contributed by atoms with Crippen LogP contribution in [-0.2, 0) is 14.0 Å². The molecule has 2 atom stereocenters. The van der Waals surface area contributed by atoms with E-state index >= 15 is 0 Å². The molecule has 7 nitrogen and oxygen atoms in total. The van der Waals surface area contributed by atoms with Crippen molar-refractivity contribution in [1.29, 1.82) is 0 Å². The van der Waals surface area contributed by atoms with E-state index in [9.17, 15) is 18.4 Å². The number of benzene rings is 1. The summed E-state index contributed by atoms with van der Waals surface area (Å²) in [5.74, 6) is -1.23. The first-order valence-electron chi connectivity index (χ1n) is 11.2. The maximum absolute atomic E-state index is 14.8. The molecule has 0 saturated carbocycles. The quantitative estimate of drug-likeness (QED) is 0.693. The van der Waals surface area contributed by atoms with Gasteiger partial charge in [-0.05, 0) is 67.0 Å². The fraction of sp³-hybridized carbons (Fsp3) is 0.652. The molecule has 1 N–H and O–H groups in total. The first kappa shape index (κ1) is 25.4. The number of rotatable bonds is 3. The fourth-order valence-electron chi connectivity index (χ4n) is 3.64. The number of halogens is 2. The predicted molar refractivity (Wildman–Crippen MR) is 121 cm³/mol. The minimum atomic E-state index is -1.47. The van der Waals surface area contributed by atoms with Crippen LogP contribution in [0.2, 0.25) is 0 Å². The summed E-state index contributed by atoms with van der Waals surface area (Å²) in [5.41, 5.74) is -1.66. The van der Waals surface area contributed by atoms with Crippen LogP contribution < -0.4 is 10.8 Å². The highest BCUT2D eigenvalue weighted by Crippen LogP contribution is 2.36. The van der Waals surface area contributed by atoms with Crippen LogP contribution in [0.15, 0.2) is 18.2 Å². The highest BCUT2D eigenvalue weighted by molar-refractivity contribution is 6.62. The van der Waals surface area contributed by atoms with E-state index in [4.69, 9.17) is 14.0 Å². The normalized spacial score (nSPS) is 24.5. The van der Waals surface area contributed by atoms with Gasteiger partial charge in [0.2, 0.25) is 0 Å². The third kappa shape index (κ3) is 5.66. The number of piperidine rings is 1. The van der Waals surface area contributed by atoms with Gasteiger partial charge in [-0.25, -0.2) is 13.6 Å². The van der Waals surface area contributed by atoms with Gasteiger partial charge in [-0.1, -0.05) is 6.07 Å². The number of nitrogens with one attached hydrogen (secondary N) is 1. The molecule has 2 aliphatic heterocycles. The van der Waals surface area contributed by atoms with E-state index in [1.54, 1.807) is 20.8 Å². The highest BCUT2D eigenvalue weighted by atomic mass is 19.1. The average molecular weight is 466 g/mol. The van der Waals surface area contributed by atoms with Crippen molar-refractivity contribution in [2.24, 2.45) is 0 Å². The molecule has 10 heteroatoms. The van der Waals surface area contributed by atoms with Crippen LogP contribution >= 0.6 is 0 Å². The Bertz CT molecular complexity index is 903. The van der Waals surface area contributed by atoms with Crippen molar-refractivity contribution < 1.29 is 32.4 Å². The minimum Gasteiger partial charge on any atom is -0.444 e. The molecule has 0 bridgehead atoms. The average Bonchev–Trinajstić information content (AvgIpc) is 2.88. The van der Waals surface area contributed by atoms with E-state index in [-0.39, 0.29) is 30.5 Å². The van der Waals surface area contributed by atoms with Gasteiger partial charge in [0.1, 0.15) is 17.6 Å². The molecule has 2 heterocycles. The lowest BCUT2D eigenvalue weighted by Crippen LogP contribution is -2.54. The van der Waals surface area contributed by atoms with Gasteiger partial charge in [-0.2, -0.15) is 0 Å². The molecular weight excluding hydrogens is 433 g/mol. The third-order valence-corrected chi connectivity index (χ3v) is 6.28. The van der Waals surface area contributed by atoms with Crippen molar-refractivity contribution in [2.45, 2.75) is 83.9 Å². The SMILES string of the molecule is CC(C)(C)OC(=O)N1CCC(NC(=O)c2ccc(B3OC(C)(C)C(C)(C)O3)c(F)c2)C(F)C1. The molecule has 182 valence electrons. The van der Waals surface area contributed by atoms with Crippen molar-refractivity contribution in [3.05, 3.63) is 29.6 Å². The Morgan fingerprint density at radius 1 is 1.18 bits per heavy atom. The minimum absolute atomic E-state index is 0.0644. The van der Waals surface area contributed by atoms with Gasteiger partial charge >= 0.3 is 13.2 Å². The molecule has 2 saturated heterocycles.